The monoisotopic (exact) mass is 316 g/mol. The summed E-state index contributed by atoms with van der Waals surface area (Å²) in [7, 11) is -2.22. The van der Waals surface area contributed by atoms with Gasteiger partial charge in [-0.25, -0.2) is 5.14 Å². The van der Waals surface area contributed by atoms with E-state index in [1.807, 2.05) is 24.3 Å². The molecule has 1 saturated heterocycles. The molecule has 3 N–H and O–H groups in total. The lowest BCUT2D eigenvalue weighted by Gasteiger charge is -2.19. The largest absolute Gasteiger partial charge is 0.388 e. The molecule has 2 rings (SSSR count). The van der Waals surface area contributed by atoms with Crippen molar-refractivity contribution in [2.24, 2.45) is 5.14 Å². The van der Waals surface area contributed by atoms with E-state index in [1.54, 1.807) is 20.9 Å². The second-order valence-corrected chi connectivity index (χ2v) is 6.43. The third kappa shape index (κ3) is 4.14. The summed E-state index contributed by atoms with van der Waals surface area (Å²) in [5, 5.41) is 7.94. The van der Waals surface area contributed by atoms with Crippen LogP contribution in [0.4, 0.5) is 5.69 Å². The van der Waals surface area contributed by atoms with Gasteiger partial charge in [-0.3, -0.25) is 4.18 Å². The van der Waals surface area contributed by atoms with Crippen LogP contribution in [0.5, 0.6) is 0 Å². The standard InChI is InChI=1S/C13H20N2O5S/c1-13(2)19-11(8-18-21(14,16)17)12(20-13)9-6-4-5-7-10(9)15-3/h4-7,11-12,15H,8H2,1-3H3,(H2,14,16,17). The molecule has 2 atom stereocenters. The van der Waals surface area contributed by atoms with Gasteiger partial charge in [0.15, 0.2) is 5.79 Å². The maximum Gasteiger partial charge on any atom is 0.333 e. The van der Waals surface area contributed by atoms with Crippen molar-refractivity contribution in [2.45, 2.75) is 31.8 Å². The Labute approximate surface area is 124 Å². The first kappa shape index (κ1) is 16.2. The summed E-state index contributed by atoms with van der Waals surface area (Å²) in [5.74, 6) is -0.835. The number of benzene rings is 1. The lowest BCUT2D eigenvalue weighted by atomic mass is 10.0. The fourth-order valence-electron chi connectivity index (χ4n) is 2.36. The molecule has 0 bridgehead atoms. The molecule has 1 aromatic carbocycles. The van der Waals surface area contributed by atoms with Crippen molar-refractivity contribution in [1.29, 1.82) is 0 Å². The smallest absolute Gasteiger partial charge is 0.333 e. The molecule has 0 radical (unpaired) electrons. The molecular formula is C13H20N2O5S. The Morgan fingerprint density at radius 3 is 2.62 bits per heavy atom. The van der Waals surface area contributed by atoms with Crippen LogP contribution in [-0.2, 0) is 24.0 Å². The first-order chi connectivity index (χ1) is 9.72. The first-order valence-corrected chi connectivity index (χ1v) is 7.98. The van der Waals surface area contributed by atoms with E-state index in [1.165, 1.54) is 0 Å². The average Bonchev–Trinajstić information content (AvgIpc) is 2.71. The third-order valence-corrected chi connectivity index (χ3v) is 3.58. The number of hydrogen-bond acceptors (Lipinski definition) is 6. The molecule has 1 heterocycles. The van der Waals surface area contributed by atoms with E-state index in [9.17, 15) is 8.42 Å². The van der Waals surface area contributed by atoms with Crippen molar-refractivity contribution >= 4 is 16.0 Å². The normalized spacial score (nSPS) is 25.0. The van der Waals surface area contributed by atoms with Crippen molar-refractivity contribution in [2.75, 3.05) is 19.0 Å². The fraction of sp³-hybridized carbons (Fsp3) is 0.538. The molecule has 0 amide bonds. The van der Waals surface area contributed by atoms with Gasteiger partial charge >= 0.3 is 10.3 Å². The minimum Gasteiger partial charge on any atom is -0.388 e. The molecule has 0 aliphatic carbocycles. The summed E-state index contributed by atoms with van der Waals surface area (Å²) in [6.45, 7) is 3.32. The quantitative estimate of drug-likeness (QED) is 0.845. The molecule has 2 unspecified atom stereocenters. The van der Waals surface area contributed by atoms with Crippen LogP contribution >= 0.6 is 0 Å². The molecule has 0 saturated carbocycles. The maximum absolute atomic E-state index is 11.0. The Bertz CT molecular complexity index is 602. The summed E-state index contributed by atoms with van der Waals surface area (Å²) in [5.41, 5.74) is 1.75. The van der Waals surface area contributed by atoms with Crippen molar-refractivity contribution < 1.29 is 22.1 Å². The summed E-state index contributed by atoms with van der Waals surface area (Å²) in [6.07, 6.45) is -1.03. The number of ether oxygens (including phenoxy) is 2. The first-order valence-electron chi connectivity index (χ1n) is 6.51. The maximum atomic E-state index is 11.0. The lowest BCUT2D eigenvalue weighted by molar-refractivity contribution is -0.148. The average molecular weight is 316 g/mol. The summed E-state index contributed by atoms with van der Waals surface area (Å²) >= 11 is 0. The number of hydrogen-bond donors (Lipinski definition) is 2. The van der Waals surface area contributed by atoms with Crippen LogP contribution in [0.2, 0.25) is 0 Å². The zero-order chi connectivity index (χ0) is 15.7. The highest BCUT2D eigenvalue weighted by Gasteiger charge is 2.43. The van der Waals surface area contributed by atoms with E-state index >= 15 is 0 Å². The number of rotatable bonds is 5. The second kappa shape index (κ2) is 5.90. The molecule has 7 nitrogen and oxygen atoms in total. The lowest BCUT2D eigenvalue weighted by Crippen LogP contribution is -2.28. The van der Waals surface area contributed by atoms with Crippen LogP contribution in [0.25, 0.3) is 0 Å². The van der Waals surface area contributed by atoms with Gasteiger partial charge in [-0.1, -0.05) is 18.2 Å². The van der Waals surface area contributed by atoms with Gasteiger partial charge in [-0.2, -0.15) is 8.42 Å². The SMILES string of the molecule is CNc1ccccc1C1OC(C)(C)OC1COS(N)(=O)=O. The molecule has 0 aromatic heterocycles. The minimum absolute atomic E-state index is 0.203. The molecule has 21 heavy (non-hydrogen) atoms. The van der Waals surface area contributed by atoms with Crippen LogP contribution in [0.15, 0.2) is 24.3 Å². The summed E-state index contributed by atoms with van der Waals surface area (Å²) in [4.78, 5) is 0. The molecule has 118 valence electrons. The zero-order valence-electron chi connectivity index (χ0n) is 12.2. The highest BCUT2D eigenvalue weighted by molar-refractivity contribution is 7.84. The van der Waals surface area contributed by atoms with Gasteiger partial charge in [0.2, 0.25) is 0 Å². The van der Waals surface area contributed by atoms with Crippen molar-refractivity contribution in [1.82, 2.24) is 0 Å². The van der Waals surface area contributed by atoms with Gasteiger partial charge in [0.05, 0.1) is 6.61 Å². The molecule has 1 aliphatic heterocycles. The Morgan fingerprint density at radius 1 is 1.33 bits per heavy atom. The Hall–Kier alpha value is -1.19. The second-order valence-electron chi connectivity index (χ2n) is 5.21. The van der Waals surface area contributed by atoms with E-state index < -0.39 is 28.3 Å². The van der Waals surface area contributed by atoms with E-state index in [2.05, 4.69) is 9.50 Å². The van der Waals surface area contributed by atoms with Gasteiger partial charge in [0.25, 0.3) is 0 Å². The van der Waals surface area contributed by atoms with Crippen LogP contribution < -0.4 is 10.5 Å². The summed E-state index contributed by atoms with van der Waals surface area (Å²) < 4.78 is 38.2. The third-order valence-electron chi connectivity index (χ3n) is 3.12. The molecule has 1 aromatic rings. The van der Waals surface area contributed by atoms with Crippen LogP contribution in [0.3, 0.4) is 0 Å². The van der Waals surface area contributed by atoms with Crippen molar-refractivity contribution in [3.8, 4) is 0 Å². The van der Waals surface area contributed by atoms with E-state index in [-0.39, 0.29) is 6.61 Å². The van der Waals surface area contributed by atoms with Crippen molar-refractivity contribution in [3.05, 3.63) is 29.8 Å². The van der Waals surface area contributed by atoms with Gasteiger partial charge in [-0.05, 0) is 19.9 Å². The predicted molar refractivity (Wildman–Crippen MR) is 77.8 cm³/mol. The number of para-hydroxylation sites is 1. The van der Waals surface area contributed by atoms with E-state index in [0.29, 0.717) is 0 Å². The number of anilines is 1. The van der Waals surface area contributed by atoms with Gasteiger partial charge in [0, 0.05) is 18.3 Å². The zero-order valence-corrected chi connectivity index (χ0v) is 13.0. The highest BCUT2D eigenvalue weighted by atomic mass is 32.2. The van der Waals surface area contributed by atoms with Crippen LogP contribution in [0, 0.1) is 0 Å². The van der Waals surface area contributed by atoms with Gasteiger partial charge in [-0.15, -0.1) is 0 Å². The van der Waals surface area contributed by atoms with Crippen molar-refractivity contribution in [3.63, 3.8) is 0 Å². The molecule has 0 spiro atoms. The highest BCUT2D eigenvalue weighted by Crippen LogP contribution is 2.40. The van der Waals surface area contributed by atoms with Crippen LogP contribution in [0.1, 0.15) is 25.5 Å². The number of nitrogens with one attached hydrogen (secondary N) is 1. The van der Waals surface area contributed by atoms with E-state index in [4.69, 9.17) is 14.6 Å². The Balaban J connectivity index is 2.26. The molecule has 1 fully saturated rings. The molecule has 8 heteroatoms. The summed E-state index contributed by atoms with van der Waals surface area (Å²) in [6, 6.07) is 7.57. The van der Waals surface area contributed by atoms with E-state index in [0.717, 1.165) is 11.3 Å². The van der Waals surface area contributed by atoms with Gasteiger partial charge in [0.1, 0.15) is 12.2 Å². The Morgan fingerprint density at radius 2 is 2.00 bits per heavy atom. The fourth-order valence-corrected chi connectivity index (χ4v) is 2.68. The topological polar surface area (TPSA) is 99.9 Å². The molecule has 1 aliphatic rings. The van der Waals surface area contributed by atoms with Gasteiger partial charge < -0.3 is 14.8 Å². The predicted octanol–water partition coefficient (Wildman–Crippen LogP) is 1.14. The Kier molecular flexibility index (Phi) is 4.54. The minimum atomic E-state index is -4.02. The van der Waals surface area contributed by atoms with Crippen LogP contribution in [-0.4, -0.2) is 34.0 Å². The number of nitrogens with two attached hydrogens (primary N) is 1. The molecular weight excluding hydrogens is 296 g/mol.